The molecule has 2 N–H and O–H groups in total. The highest BCUT2D eigenvalue weighted by atomic mass is 16.5. The number of methoxy groups -OCH3 is 1. The van der Waals surface area contributed by atoms with E-state index in [1.165, 1.54) is 0 Å². The third kappa shape index (κ3) is 6.93. The fourth-order valence-corrected chi connectivity index (χ4v) is 5.14. The van der Waals surface area contributed by atoms with Crippen LogP contribution in [0.4, 0.5) is 17.1 Å². The zero-order chi connectivity index (χ0) is 28.5. The molecule has 1 saturated heterocycles. The van der Waals surface area contributed by atoms with Crippen molar-refractivity contribution in [3.63, 3.8) is 0 Å². The normalized spacial score (nSPS) is 13.3. The molecule has 0 atom stereocenters. The number of anilines is 3. The lowest BCUT2D eigenvalue weighted by molar-refractivity contribution is 0.0948. The van der Waals surface area contributed by atoms with Gasteiger partial charge in [0, 0.05) is 56.2 Å². The van der Waals surface area contributed by atoms with Gasteiger partial charge in [-0.1, -0.05) is 44.2 Å². The maximum Gasteiger partial charge on any atom is 0.255 e. The number of nitrogens with zero attached hydrogens (tertiary/aromatic N) is 3. The summed E-state index contributed by atoms with van der Waals surface area (Å²) >= 11 is 0. The lowest BCUT2D eigenvalue weighted by atomic mass is 10.1. The number of nitrogens with one attached hydrogen (secondary N) is 2. The fourth-order valence-electron chi connectivity index (χ4n) is 5.14. The minimum atomic E-state index is -0.191. The van der Waals surface area contributed by atoms with Gasteiger partial charge in [0.1, 0.15) is 5.75 Å². The number of piperazine rings is 1. The number of ether oxygens (including phenoxy) is 1. The van der Waals surface area contributed by atoms with Gasteiger partial charge in [-0.3, -0.25) is 9.59 Å². The van der Waals surface area contributed by atoms with Crippen molar-refractivity contribution in [3.05, 3.63) is 83.4 Å². The van der Waals surface area contributed by atoms with E-state index in [4.69, 9.17) is 4.74 Å². The molecule has 0 saturated carbocycles. The van der Waals surface area contributed by atoms with Gasteiger partial charge in [-0.15, -0.1) is 0 Å². The summed E-state index contributed by atoms with van der Waals surface area (Å²) in [5.41, 5.74) is 4.62. The van der Waals surface area contributed by atoms with Crippen LogP contribution in [0.2, 0.25) is 0 Å². The van der Waals surface area contributed by atoms with Crippen molar-refractivity contribution in [2.45, 2.75) is 20.8 Å². The summed E-state index contributed by atoms with van der Waals surface area (Å²) in [6.45, 7) is 12.5. The first-order valence-electron chi connectivity index (χ1n) is 14.1. The first-order valence-corrected chi connectivity index (χ1v) is 14.1. The third-order valence-electron chi connectivity index (χ3n) is 7.54. The number of para-hydroxylation sites is 2. The predicted molar refractivity (Wildman–Crippen MR) is 163 cm³/mol. The molecule has 0 aliphatic carbocycles. The number of carbonyl (C=O) groups is 2. The lowest BCUT2D eigenvalue weighted by Crippen LogP contribution is -2.47. The first-order chi connectivity index (χ1) is 19.4. The van der Waals surface area contributed by atoms with Gasteiger partial charge < -0.3 is 30.1 Å². The van der Waals surface area contributed by atoms with Crippen LogP contribution in [0, 0.1) is 6.92 Å². The van der Waals surface area contributed by atoms with Crippen molar-refractivity contribution in [2.24, 2.45) is 0 Å². The van der Waals surface area contributed by atoms with E-state index >= 15 is 0 Å². The second-order valence-electron chi connectivity index (χ2n) is 9.93. The minimum Gasteiger partial charge on any atom is -0.495 e. The molecule has 1 aliphatic rings. The van der Waals surface area contributed by atoms with Crippen molar-refractivity contribution in [2.75, 3.05) is 74.6 Å². The summed E-state index contributed by atoms with van der Waals surface area (Å²) in [7, 11) is 1.69. The van der Waals surface area contributed by atoms with E-state index in [0.717, 1.165) is 68.5 Å². The van der Waals surface area contributed by atoms with Crippen molar-refractivity contribution >= 4 is 28.9 Å². The zero-order valence-corrected chi connectivity index (χ0v) is 24.1. The average molecular weight is 544 g/mol. The lowest BCUT2D eigenvalue weighted by Gasteiger charge is -2.38. The molecule has 1 fully saturated rings. The molecule has 212 valence electrons. The van der Waals surface area contributed by atoms with Crippen LogP contribution in [0.5, 0.6) is 5.75 Å². The summed E-state index contributed by atoms with van der Waals surface area (Å²) in [6, 6.07) is 21.2. The number of hydrogen-bond donors (Lipinski definition) is 2. The van der Waals surface area contributed by atoms with Gasteiger partial charge in [0.15, 0.2) is 0 Å². The highest BCUT2D eigenvalue weighted by molar-refractivity contribution is 6.07. The van der Waals surface area contributed by atoms with E-state index in [9.17, 15) is 9.59 Å². The van der Waals surface area contributed by atoms with E-state index in [2.05, 4.69) is 45.2 Å². The number of amides is 2. The van der Waals surface area contributed by atoms with Crippen molar-refractivity contribution < 1.29 is 14.3 Å². The molecule has 4 rings (SSSR count). The second-order valence-corrected chi connectivity index (χ2v) is 9.93. The Kier molecular flexibility index (Phi) is 10.0. The van der Waals surface area contributed by atoms with Crippen LogP contribution >= 0.6 is 0 Å². The Morgan fingerprint density at radius 2 is 1.48 bits per heavy atom. The molecular formula is C32H41N5O3. The van der Waals surface area contributed by atoms with Crippen LogP contribution in [0.25, 0.3) is 0 Å². The summed E-state index contributed by atoms with van der Waals surface area (Å²) in [6.07, 6.45) is 0. The Labute approximate surface area is 237 Å². The summed E-state index contributed by atoms with van der Waals surface area (Å²) < 4.78 is 5.57. The molecule has 3 aromatic carbocycles. The van der Waals surface area contributed by atoms with Crippen LogP contribution in [0.3, 0.4) is 0 Å². The number of hydrogen-bond acceptors (Lipinski definition) is 6. The highest BCUT2D eigenvalue weighted by Crippen LogP contribution is 2.31. The Bertz CT molecular complexity index is 1300. The van der Waals surface area contributed by atoms with Crippen molar-refractivity contribution in [1.29, 1.82) is 0 Å². The quantitative estimate of drug-likeness (QED) is 0.367. The number of aryl methyl sites for hydroxylation is 1. The molecule has 0 bridgehead atoms. The van der Waals surface area contributed by atoms with E-state index in [-0.39, 0.29) is 11.8 Å². The van der Waals surface area contributed by atoms with Gasteiger partial charge in [0.05, 0.1) is 18.4 Å². The largest absolute Gasteiger partial charge is 0.495 e. The number of likely N-dealkylation sites (N-methyl/N-ethyl adjacent to an activating group) is 1. The van der Waals surface area contributed by atoms with E-state index in [1.54, 1.807) is 19.2 Å². The molecule has 0 spiro atoms. The van der Waals surface area contributed by atoms with Gasteiger partial charge >= 0.3 is 0 Å². The molecule has 40 heavy (non-hydrogen) atoms. The number of carbonyl (C=O) groups excluding carboxylic acids is 2. The Morgan fingerprint density at radius 3 is 2.15 bits per heavy atom. The second kappa shape index (κ2) is 13.8. The minimum absolute atomic E-state index is 0.138. The fraction of sp³-hybridized carbons (Fsp3) is 0.375. The standard InChI is InChI=1S/C32H41N5O3/c1-5-35(6-2)18-17-33-31(38)27-23-25(34-32(39)26-12-8-7-11-24(26)3)15-16-28(27)36-19-21-37(22-20-36)29-13-9-10-14-30(29)40-4/h7-16,23H,5-6,17-22H2,1-4H3,(H,33,38)(H,34,39). The number of benzene rings is 3. The SMILES string of the molecule is CCN(CC)CCNC(=O)c1cc(NC(=O)c2ccccc2C)ccc1N1CCN(c2ccccc2OC)CC1. The van der Waals surface area contributed by atoms with Gasteiger partial charge in [-0.25, -0.2) is 0 Å². The Balaban J connectivity index is 1.54. The maximum absolute atomic E-state index is 13.5. The highest BCUT2D eigenvalue weighted by Gasteiger charge is 2.24. The average Bonchev–Trinajstić information content (AvgIpc) is 2.99. The molecular weight excluding hydrogens is 502 g/mol. The van der Waals surface area contributed by atoms with Crippen LogP contribution in [0.15, 0.2) is 66.7 Å². The molecule has 1 heterocycles. The summed E-state index contributed by atoms with van der Waals surface area (Å²) in [5.74, 6) is 0.531. The molecule has 2 amide bonds. The zero-order valence-electron chi connectivity index (χ0n) is 24.1. The van der Waals surface area contributed by atoms with Crippen LogP contribution in [0.1, 0.15) is 40.1 Å². The summed E-state index contributed by atoms with van der Waals surface area (Å²) in [5, 5.41) is 6.09. The monoisotopic (exact) mass is 543 g/mol. The van der Waals surface area contributed by atoms with Crippen LogP contribution < -0.4 is 25.2 Å². The maximum atomic E-state index is 13.5. The molecule has 0 unspecified atom stereocenters. The Morgan fingerprint density at radius 1 is 0.825 bits per heavy atom. The predicted octanol–water partition coefficient (Wildman–Crippen LogP) is 4.65. The van der Waals surface area contributed by atoms with Crippen LogP contribution in [-0.2, 0) is 0 Å². The molecule has 1 aliphatic heterocycles. The molecule has 0 aromatic heterocycles. The molecule has 8 heteroatoms. The van der Waals surface area contributed by atoms with Crippen molar-refractivity contribution in [1.82, 2.24) is 10.2 Å². The van der Waals surface area contributed by atoms with Gasteiger partial charge in [-0.2, -0.15) is 0 Å². The molecule has 0 radical (unpaired) electrons. The van der Waals surface area contributed by atoms with Gasteiger partial charge in [-0.05, 0) is 62.0 Å². The van der Waals surface area contributed by atoms with Gasteiger partial charge in [0.25, 0.3) is 11.8 Å². The third-order valence-corrected chi connectivity index (χ3v) is 7.54. The smallest absolute Gasteiger partial charge is 0.255 e. The van der Waals surface area contributed by atoms with E-state index in [1.807, 2.05) is 55.5 Å². The summed E-state index contributed by atoms with van der Waals surface area (Å²) in [4.78, 5) is 33.3. The van der Waals surface area contributed by atoms with Gasteiger partial charge in [0.2, 0.25) is 0 Å². The van der Waals surface area contributed by atoms with E-state index in [0.29, 0.717) is 23.4 Å². The molecule has 3 aromatic rings. The first kappa shape index (κ1) is 29.0. The topological polar surface area (TPSA) is 77.2 Å². The van der Waals surface area contributed by atoms with Crippen LogP contribution in [-0.4, -0.2) is 76.2 Å². The molecule has 8 nitrogen and oxygen atoms in total. The number of rotatable bonds is 11. The van der Waals surface area contributed by atoms with Crippen molar-refractivity contribution in [3.8, 4) is 5.75 Å². The Hall–Kier alpha value is -4.04. The van der Waals surface area contributed by atoms with E-state index < -0.39 is 0 Å².